The van der Waals surface area contributed by atoms with Gasteiger partial charge in [0.1, 0.15) is 5.76 Å². The quantitative estimate of drug-likeness (QED) is 0.327. The summed E-state index contributed by atoms with van der Waals surface area (Å²) in [6.07, 6.45) is 6.59. The van der Waals surface area contributed by atoms with Gasteiger partial charge < -0.3 is 4.43 Å². The minimum Gasteiger partial charge on any atom is -0.543 e. The van der Waals surface area contributed by atoms with Gasteiger partial charge in [0.05, 0.1) is 17.3 Å². The van der Waals surface area contributed by atoms with E-state index in [0.717, 1.165) is 4.90 Å². The summed E-state index contributed by atoms with van der Waals surface area (Å²) in [5.74, 6) is -0.172. The van der Waals surface area contributed by atoms with Crippen LogP contribution in [-0.2, 0) is 4.43 Å². The van der Waals surface area contributed by atoms with Crippen molar-refractivity contribution in [1.82, 2.24) is 4.90 Å². The molecule has 0 fully saturated rings. The van der Waals surface area contributed by atoms with Crippen molar-refractivity contribution in [2.75, 3.05) is 0 Å². The molecule has 0 spiro atoms. The molecule has 0 atom stereocenters. The standard InChI is InChI=1S/C20H25NO3Si/c1-7-8-11-15(24-25(5,6)20(2,3)4)14-21-18(22)16-12-9-10-13-17(16)19(21)23/h7-14H,1H2,2-6H3/b11-8+,15-14-. The van der Waals surface area contributed by atoms with E-state index in [2.05, 4.69) is 40.4 Å². The summed E-state index contributed by atoms with van der Waals surface area (Å²) in [7, 11) is -2.12. The fourth-order valence-electron chi connectivity index (χ4n) is 2.17. The molecule has 2 amide bonds. The van der Waals surface area contributed by atoms with Gasteiger partial charge in [0.15, 0.2) is 0 Å². The van der Waals surface area contributed by atoms with Crippen LogP contribution in [0.1, 0.15) is 41.5 Å². The Hall–Kier alpha value is -2.40. The number of rotatable bonds is 5. The van der Waals surface area contributed by atoms with Gasteiger partial charge in [-0.25, -0.2) is 4.90 Å². The fraction of sp³-hybridized carbons (Fsp3) is 0.300. The third-order valence-corrected chi connectivity index (χ3v) is 9.02. The molecule has 25 heavy (non-hydrogen) atoms. The van der Waals surface area contributed by atoms with Gasteiger partial charge in [-0.3, -0.25) is 9.59 Å². The number of imide groups is 1. The fourth-order valence-corrected chi connectivity index (χ4v) is 3.18. The first kappa shape index (κ1) is 18.9. The molecule has 5 heteroatoms. The monoisotopic (exact) mass is 355 g/mol. The molecule has 0 saturated carbocycles. The molecule has 1 aliphatic heterocycles. The van der Waals surface area contributed by atoms with E-state index in [1.807, 2.05) is 0 Å². The van der Waals surface area contributed by atoms with Crippen molar-refractivity contribution in [3.63, 3.8) is 0 Å². The first-order chi connectivity index (χ1) is 11.6. The number of amides is 2. The summed E-state index contributed by atoms with van der Waals surface area (Å²) in [5, 5.41) is -0.00387. The van der Waals surface area contributed by atoms with E-state index in [9.17, 15) is 9.59 Å². The Morgan fingerprint density at radius 1 is 1.12 bits per heavy atom. The second kappa shape index (κ2) is 6.84. The number of allylic oxidation sites excluding steroid dienone is 3. The highest BCUT2D eigenvalue weighted by molar-refractivity contribution is 6.74. The van der Waals surface area contributed by atoms with E-state index in [4.69, 9.17) is 4.43 Å². The second-order valence-corrected chi connectivity index (χ2v) is 12.2. The first-order valence-corrected chi connectivity index (χ1v) is 11.2. The van der Waals surface area contributed by atoms with E-state index in [-0.39, 0.29) is 16.9 Å². The lowest BCUT2D eigenvalue weighted by molar-refractivity contribution is 0.0717. The lowest BCUT2D eigenvalue weighted by Crippen LogP contribution is -2.40. The highest BCUT2D eigenvalue weighted by Gasteiger charge is 2.40. The molecule has 0 aromatic heterocycles. The molecule has 1 aromatic rings. The molecule has 0 saturated heterocycles. The average molecular weight is 356 g/mol. The lowest BCUT2D eigenvalue weighted by atomic mass is 10.1. The van der Waals surface area contributed by atoms with Crippen LogP contribution in [0.3, 0.4) is 0 Å². The van der Waals surface area contributed by atoms with Gasteiger partial charge in [0, 0.05) is 0 Å². The van der Waals surface area contributed by atoms with E-state index in [1.165, 1.54) is 6.20 Å². The molecule has 0 aliphatic carbocycles. The highest BCUT2D eigenvalue weighted by Crippen LogP contribution is 2.38. The third kappa shape index (κ3) is 3.82. The minimum absolute atomic E-state index is 0.00387. The van der Waals surface area contributed by atoms with Crippen LogP contribution in [0.25, 0.3) is 0 Å². The van der Waals surface area contributed by atoms with Crippen molar-refractivity contribution >= 4 is 20.1 Å². The molecule has 0 bridgehead atoms. The topological polar surface area (TPSA) is 46.6 Å². The summed E-state index contributed by atoms with van der Waals surface area (Å²) in [6, 6.07) is 6.83. The third-order valence-electron chi connectivity index (χ3n) is 4.66. The number of carbonyl (C=O) groups excluding carboxylic acids is 2. The Bertz CT molecular complexity index is 734. The van der Waals surface area contributed by atoms with E-state index in [1.54, 1.807) is 42.5 Å². The Balaban J connectivity index is 2.39. The van der Waals surface area contributed by atoms with Crippen molar-refractivity contribution in [3.8, 4) is 0 Å². The summed E-state index contributed by atoms with van der Waals surface area (Å²) < 4.78 is 6.28. The Morgan fingerprint density at radius 2 is 1.64 bits per heavy atom. The van der Waals surface area contributed by atoms with Crippen LogP contribution in [0.5, 0.6) is 0 Å². The zero-order chi connectivity index (χ0) is 18.8. The zero-order valence-electron chi connectivity index (χ0n) is 15.5. The number of carbonyl (C=O) groups is 2. The predicted molar refractivity (Wildman–Crippen MR) is 103 cm³/mol. The van der Waals surface area contributed by atoms with E-state index in [0.29, 0.717) is 16.9 Å². The Kier molecular flexibility index (Phi) is 5.18. The van der Waals surface area contributed by atoms with E-state index < -0.39 is 8.32 Å². The van der Waals surface area contributed by atoms with Gasteiger partial charge in [0.2, 0.25) is 0 Å². The average Bonchev–Trinajstić information content (AvgIpc) is 2.76. The molecular weight excluding hydrogens is 330 g/mol. The maximum Gasteiger partial charge on any atom is 0.265 e. The molecule has 1 aliphatic rings. The number of hydrogen-bond donors (Lipinski definition) is 0. The van der Waals surface area contributed by atoms with Crippen LogP contribution in [0.4, 0.5) is 0 Å². The minimum atomic E-state index is -2.12. The Morgan fingerprint density at radius 3 is 2.08 bits per heavy atom. The smallest absolute Gasteiger partial charge is 0.265 e. The van der Waals surface area contributed by atoms with Crippen LogP contribution in [0.2, 0.25) is 18.1 Å². The van der Waals surface area contributed by atoms with Gasteiger partial charge >= 0.3 is 0 Å². The van der Waals surface area contributed by atoms with Crippen molar-refractivity contribution in [2.45, 2.75) is 38.9 Å². The molecule has 0 unspecified atom stereocenters. The van der Waals surface area contributed by atoms with Gasteiger partial charge in [-0.15, -0.1) is 0 Å². The Labute approximate surface area is 150 Å². The van der Waals surface area contributed by atoms with Crippen LogP contribution < -0.4 is 0 Å². The van der Waals surface area contributed by atoms with Gasteiger partial charge in [-0.1, -0.05) is 51.6 Å². The second-order valence-electron chi connectivity index (χ2n) is 7.51. The molecule has 1 heterocycles. The predicted octanol–water partition coefficient (Wildman–Crippen LogP) is 4.89. The SMILES string of the molecule is C=C/C=C/C(=C/N1C(=O)c2ccccc2C1=O)O[Si](C)(C)C(C)(C)C. The molecule has 1 aromatic carbocycles. The molecule has 0 N–H and O–H groups in total. The summed E-state index contributed by atoms with van der Waals surface area (Å²) in [5.41, 5.74) is 0.839. The normalized spacial score (nSPS) is 15.7. The van der Waals surface area contributed by atoms with Crippen LogP contribution in [-0.4, -0.2) is 25.0 Å². The first-order valence-electron chi connectivity index (χ1n) is 8.25. The lowest BCUT2D eigenvalue weighted by Gasteiger charge is -2.37. The largest absolute Gasteiger partial charge is 0.543 e. The van der Waals surface area contributed by atoms with Crippen molar-refractivity contribution in [1.29, 1.82) is 0 Å². The number of nitrogens with zero attached hydrogens (tertiary/aromatic N) is 1. The van der Waals surface area contributed by atoms with E-state index >= 15 is 0 Å². The van der Waals surface area contributed by atoms with Crippen molar-refractivity contribution < 1.29 is 14.0 Å². The molecule has 4 nitrogen and oxygen atoms in total. The number of fused-ring (bicyclic) bond motifs is 1. The van der Waals surface area contributed by atoms with Gasteiger partial charge in [-0.05, 0) is 36.3 Å². The summed E-state index contributed by atoms with van der Waals surface area (Å²) in [4.78, 5) is 26.2. The van der Waals surface area contributed by atoms with Crippen molar-refractivity contribution in [3.05, 3.63) is 72.2 Å². The zero-order valence-corrected chi connectivity index (χ0v) is 16.5. The number of benzene rings is 1. The molecule has 132 valence electrons. The maximum absolute atomic E-state index is 12.6. The molecule has 0 radical (unpaired) electrons. The molecular formula is C20H25NO3Si. The maximum atomic E-state index is 12.6. The van der Waals surface area contributed by atoms with Crippen LogP contribution in [0, 0.1) is 0 Å². The summed E-state index contributed by atoms with van der Waals surface area (Å²) >= 11 is 0. The van der Waals surface area contributed by atoms with Crippen LogP contribution in [0.15, 0.2) is 61.0 Å². The van der Waals surface area contributed by atoms with Gasteiger partial charge in [0.25, 0.3) is 20.1 Å². The van der Waals surface area contributed by atoms with Crippen LogP contribution >= 0.6 is 0 Å². The molecule has 2 rings (SSSR count). The highest BCUT2D eigenvalue weighted by atomic mass is 28.4. The van der Waals surface area contributed by atoms with Gasteiger partial charge in [-0.2, -0.15) is 0 Å². The number of hydrogen-bond acceptors (Lipinski definition) is 3. The van der Waals surface area contributed by atoms with Crippen molar-refractivity contribution in [2.24, 2.45) is 0 Å². The summed E-state index contributed by atoms with van der Waals surface area (Å²) in [6.45, 7) is 14.3.